The van der Waals surface area contributed by atoms with E-state index in [1.54, 1.807) is 29.2 Å². The molecule has 0 fully saturated rings. The molecule has 2 rings (SSSR count). The van der Waals surface area contributed by atoms with Crippen molar-refractivity contribution < 1.29 is 9.53 Å². The van der Waals surface area contributed by atoms with E-state index >= 15 is 0 Å². The zero-order valence-electron chi connectivity index (χ0n) is 11.7. The summed E-state index contributed by atoms with van der Waals surface area (Å²) in [6, 6.07) is 7.23. The van der Waals surface area contributed by atoms with Crippen molar-refractivity contribution in [1.29, 1.82) is 0 Å². The number of nitrogens with zero attached hydrogens (tertiary/aromatic N) is 3. The maximum absolute atomic E-state index is 11.6. The van der Waals surface area contributed by atoms with Crippen molar-refractivity contribution in [2.24, 2.45) is 0 Å². The SMILES string of the molecule is Nc1ccccc1OCCC(=O)NCCCn1ccnn1. The number of nitrogens with two attached hydrogens (primary N) is 1. The van der Waals surface area contributed by atoms with Crippen molar-refractivity contribution in [3.8, 4) is 5.75 Å². The van der Waals surface area contributed by atoms with E-state index in [0.29, 0.717) is 31.0 Å². The summed E-state index contributed by atoms with van der Waals surface area (Å²) >= 11 is 0. The van der Waals surface area contributed by atoms with Gasteiger partial charge in [-0.3, -0.25) is 9.48 Å². The van der Waals surface area contributed by atoms with Crippen LogP contribution in [0.2, 0.25) is 0 Å². The van der Waals surface area contributed by atoms with Gasteiger partial charge in [-0.05, 0) is 18.6 Å². The minimum atomic E-state index is -0.0388. The van der Waals surface area contributed by atoms with Gasteiger partial charge in [0.15, 0.2) is 0 Å². The van der Waals surface area contributed by atoms with Gasteiger partial charge in [-0.2, -0.15) is 0 Å². The highest BCUT2D eigenvalue weighted by atomic mass is 16.5. The summed E-state index contributed by atoms with van der Waals surface area (Å²) in [6.45, 7) is 1.65. The van der Waals surface area contributed by atoms with Gasteiger partial charge in [0.2, 0.25) is 5.91 Å². The summed E-state index contributed by atoms with van der Waals surface area (Å²) in [6.07, 6.45) is 4.53. The molecule has 0 unspecified atom stereocenters. The summed E-state index contributed by atoms with van der Waals surface area (Å²) in [5.74, 6) is 0.569. The summed E-state index contributed by atoms with van der Waals surface area (Å²) in [7, 11) is 0. The molecule has 0 saturated heterocycles. The molecule has 0 aliphatic rings. The van der Waals surface area contributed by atoms with E-state index in [9.17, 15) is 4.79 Å². The molecule has 1 aromatic heterocycles. The van der Waals surface area contributed by atoms with Gasteiger partial charge in [0.1, 0.15) is 5.75 Å². The second-order valence-electron chi connectivity index (χ2n) is 4.51. The standard InChI is InChI=1S/C14H19N5O2/c15-12-4-1-2-5-13(12)21-11-6-14(20)16-7-3-9-19-10-8-17-18-19/h1-2,4-5,8,10H,3,6-7,9,11,15H2,(H,16,20). The highest BCUT2D eigenvalue weighted by molar-refractivity contribution is 5.75. The van der Waals surface area contributed by atoms with Crippen LogP contribution >= 0.6 is 0 Å². The average molecular weight is 289 g/mol. The molecule has 0 aliphatic heterocycles. The zero-order valence-corrected chi connectivity index (χ0v) is 11.7. The van der Waals surface area contributed by atoms with Crippen LogP contribution in [0.3, 0.4) is 0 Å². The van der Waals surface area contributed by atoms with Crippen molar-refractivity contribution in [3.63, 3.8) is 0 Å². The Labute approximate surface area is 123 Å². The van der Waals surface area contributed by atoms with Crippen LogP contribution in [0.5, 0.6) is 5.75 Å². The van der Waals surface area contributed by atoms with Gasteiger partial charge < -0.3 is 15.8 Å². The average Bonchev–Trinajstić information content (AvgIpc) is 2.99. The summed E-state index contributed by atoms with van der Waals surface area (Å²) in [5, 5.41) is 10.4. The Morgan fingerprint density at radius 2 is 2.24 bits per heavy atom. The van der Waals surface area contributed by atoms with Crippen molar-refractivity contribution in [2.45, 2.75) is 19.4 Å². The van der Waals surface area contributed by atoms with Crippen LogP contribution in [0.4, 0.5) is 5.69 Å². The first-order valence-corrected chi connectivity index (χ1v) is 6.84. The predicted octanol–water partition coefficient (Wildman–Crippen LogP) is 0.836. The number of hydrogen-bond acceptors (Lipinski definition) is 5. The largest absolute Gasteiger partial charge is 0.491 e. The van der Waals surface area contributed by atoms with Crippen LogP contribution in [0.25, 0.3) is 0 Å². The number of aryl methyl sites for hydroxylation is 1. The van der Waals surface area contributed by atoms with Gasteiger partial charge in [-0.1, -0.05) is 17.3 Å². The molecule has 0 aliphatic carbocycles. The summed E-state index contributed by atoms with van der Waals surface area (Å²) < 4.78 is 7.19. The van der Waals surface area contributed by atoms with Crippen molar-refractivity contribution in [2.75, 3.05) is 18.9 Å². The lowest BCUT2D eigenvalue weighted by molar-refractivity contribution is -0.121. The lowest BCUT2D eigenvalue weighted by atomic mass is 10.3. The molecule has 1 aromatic carbocycles. The van der Waals surface area contributed by atoms with Gasteiger partial charge in [-0.25, -0.2) is 0 Å². The molecule has 3 N–H and O–H groups in total. The van der Waals surface area contributed by atoms with E-state index in [0.717, 1.165) is 13.0 Å². The molecule has 2 aromatic rings. The Bertz CT molecular complexity index is 556. The quantitative estimate of drug-likeness (QED) is 0.554. The van der Waals surface area contributed by atoms with Crippen molar-refractivity contribution in [3.05, 3.63) is 36.7 Å². The van der Waals surface area contributed by atoms with Crippen molar-refractivity contribution in [1.82, 2.24) is 20.3 Å². The smallest absolute Gasteiger partial charge is 0.223 e. The molecule has 0 atom stereocenters. The first-order valence-electron chi connectivity index (χ1n) is 6.84. The van der Waals surface area contributed by atoms with Crippen LogP contribution in [-0.2, 0) is 11.3 Å². The van der Waals surface area contributed by atoms with Crippen LogP contribution in [-0.4, -0.2) is 34.1 Å². The maximum atomic E-state index is 11.6. The number of nitrogens with one attached hydrogen (secondary N) is 1. The molecular weight excluding hydrogens is 270 g/mol. The van der Waals surface area contributed by atoms with Gasteiger partial charge in [-0.15, -0.1) is 5.10 Å². The Hall–Kier alpha value is -2.57. The fourth-order valence-corrected chi connectivity index (χ4v) is 1.77. The second kappa shape index (κ2) is 7.88. The number of anilines is 1. The molecule has 7 heteroatoms. The molecule has 112 valence electrons. The van der Waals surface area contributed by atoms with Crippen LogP contribution in [0, 0.1) is 0 Å². The first-order chi connectivity index (χ1) is 10.3. The Balaban J connectivity index is 1.56. The van der Waals surface area contributed by atoms with E-state index in [1.165, 1.54) is 0 Å². The lowest BCUT2D eigenvalue weighted by Crippen LogP contribution is -2.26. The van der Waals surface area contributed by atoms with E-state index in [1.807, 2.05) is 12.1 Å². The number of amides is 1. The van der Waals surface area contributed by atoms with Crippen LogP contribution in [0.15, 0.2) is 36.7 Å². The zero-order chi connectivity index (χ0) is 14.9. The third-order valence-corrected chi connectivity index (χ3v) is 2.86. The highest BCUT2D eigenvalue weighted by Crippen LogP contribution is 2.19. The number of nitrogen functional groups attached to an aromatic ring is 1. The van der Waals surface area contributed by atoms with Crippen molar-refractivity contribution >= 4 is 11.6 Å². The fraction of sp³-hybridized carbons (Fsp3) is 0.357. The van der Waals surface area contributed by atoms with E-state index in [-0.39, 0.29) is 5.91 Å². The van der Waals surface area contributed by atoms with E-state index in [4.69, 9.17) is 10.5 Å². The molecule has 21 heavy (non-hydrogen) atoms. The number of hydrogen-bond donors (Lipinski definition) is 2. The molecule has 0 spiro atoms. The lowest BCUT2D eigenvalue weighted by Gasteiger charge is -2.09. The molecule has 1 amide bonds. The minimum absolute atomic E-state index is 0.0388. The minimum Gasteiger partial charge on any atom is -0.491 e. The number of carbonyl (C=O) groups excluding carboxylic acids is 1. The Morgan fingerprint density at radius 1 is 1.38 bits per heavy atom. The first kappa shape index (κ1) is 14.8. The molecule has 0 radical (unpaired) electrons. The van der Waals surface area contributed by atoms with E-state index < -0.39 is 0 Å². The number of benzene rings is 1. The molecular formula is C14H19N5O2. The van der Waals surface area contributed by atoms with Gasteiger partial charge >= 0.3 is 0 Å². The van der Waals surface area contributed by atoms with Gasteiger partial charge in [0.25, 0.3) is 0 Å². The number of carbonyl (C=O) groups is 1. The third kappa shape index (κ3) is 5.13. The topological polar surface area (TPSA) is 95.1 Å². The van der Waals surface area contributed by atoms with Crippen LogP contribution in [0.1, 0.15) is 12.8 Å². The molecule has 7 nitrogen and oxygen atoms in total. The van der Waals surface area contributed by atoms with Crippen LogP contribution < -0.4 is 15.8 Å². The Kier molecular flexibility index (Phi) is 5.57. The number of ether oxygens (including phenoxy) is 1. The molecule has 1 heterocycles. The highest BCUT2D eigenvalue weighted by Gasteiger charge is 2.03. The number of rotatable bonds is 8. The maximum Gasteiger partial charge on any atom is 0.223 e. The summed E-state index contributed by atoms with van der Waals surface area (Å²) in [4.78, 5) is 11.6. The molecule has 0 bridgehead atoms. The normalized spacial score (nSPS) is 10.3. The van der Waals surface area contributed by atoms with Gasteiger partial charge in [0.05, 0.1) is 24.9 Å². The summed E-state index contributed by atoms with van der Waals surface area (Å²) in [5.41, 5.74) is 6.32. The molecule has 0 saturated carbocycles. The van der Waals surface area contributed by atoms with Gasteiger partial charge in [0, 0.05) is 19.3 Å². The predicted molar refractivity (Wildman–Crippen MR) is 78.6 cm³/mol. The number of para-hydroxylation sites is 2. The third-order valence-electron chi connectivity index (χ3n) is 2.86. The Morgan fingerprint density at radius 3 is 3.00 bits per heavy atom. The number of aromatic nitrogens is 3. The second-order valence-corrected chi connectivity index (χ2v) is 4.51. The van der Waals surface area contributed by atoms with E-state index in [2.05, 4.69) is 15.6 Å². The fourth-order valence-electron chi connectivity index (χ4n) is 1.77. The monoisotopic (exact) mass is 289 g/mol.